The maximum atomic E-state index is 12.8. The van der Waals surface area contributed by atoms with Gasteiger partial charge in [-0.25, -0.2) is 0 Å². The Morgan fingerprint density at radius 2 is 1.55 bits per heavy atom. The molecule has 310 valence electrons. The number of hydrogen-bond acceptors (Lipinski definition) is 9. The predicted molar refractivity (Wildman–Crippen MR) is 230 cm³/mol. The number of rotatable bonds is 26. The quantitative estimate of drug-likeness (QED) is 0.0671. The van der Waals surface area contributed by atoms with Gasteiger partial charge in [-0.15, -0.1) is 0 Å². The molecule has 11 nitrogen and oxygen atoms in total. The van der Waals surface area contributed by atoms with Gasteiger partial charge in [0.1, 0.15) is 17.8 Å². The van der Waals surface area contributed by atoms with Crippen LogP contribution in [-0.2, 0) is 23.9 Å². The van der Waals surface area contributed by atoms with Crippen LogP contribution in [0.25, 0.3) is 0 Å². The fourth-order valence-corrected chi connectivity index (χ4v) is 9.29. The molecule has 0 bridgehead atoms. The minimum Gasteiger partial charge on any atom is -0.495 e. The highest BCUT2D eigenvalue weighted by molar-refractivity contribution is 9.12. The third-order valence-corrected chi connectivity index (χ3v) is 12.3. The number of halogens is 4. The lowest BCUT2D eigenvalue weighted by atomic mass is 9.99. The fraction of sp³-hybridized carbons (Fsp3) is 0.675. The zero-order valence-corrected chi connectivity index (χ0v) is 38.8. The Labute approximate surface area is 360 Å². The SMILES string of the molecule is CC[C@H](C)CCCCCCCCCCCCCCC(=O)NC[C@H](O)c1cc(Br)c(OCCCNC(=O)C2=NO[C@@]3(CC(Br)=C(OC)C(Br)=CO3)[C@H]2O)c(Br)c1. The van der Waals surface area contributed by atoms with Gasteiger partial charge in [-0.3, -0.25) is 9.59 Å². The highest BCUT2D eigenvalue weighted by Crippen LogP contribution is 2.41. The van der Waals surface area contributed by atoms with Gasteiger partial charge >= 0.3 is 5.79 Å². The Hall–Kier alpha value is -1.65. The minimum atomic E-state index is -1.62. The van der Waals surface area contributed by atoms with Gasteiger partial charge in [0.2, 0.25) is 5.91 Å². The number of oxime groups is 1. The number of amides is 2. The number of ether oxygens (including phenoxy) is 3. The number of nitrogens with zero attached hydrogens (tertiary/aromatic N) is 1. The second kappa shape index (κ2) is 25.7. The summed E-state index contributed by atoms with van der Waals surface area (Å²) in [5.74, 6) is -0.383. The molecule has 3 rings (SSSR count). The molecule has 15 heteroatoms. The van der Waals surface area contributed by atoms with E-state index in [4.69, 9.17) is 19.0 Å². The van der Waals surface area contributed by atoms with E-state index in [9.17, 15) is 19.8 Å². The minimum absolute atomic E-state index is 0.0462. The molecule has 0 unspecified atom stereocenters. The van der Waals surface area contributed by atoms with Crippen LogP contribution in [0.2, 0.25) is 0 Å². The molecule has 0 aromatic heterocycles. The number of benzene rings is 1. The zero-order chi connectivity index (χ0) is 40.2. The van der Waals surface area contributed by atoms with Crippen molar-refractivity contribution in [2.75, 3.05) is 26.8 Å². The first-order chi connectivity index (χ1) is 26.4. The molecule has 0 fully saturated rings. The van der Waals surface area contributed by atoms with E-state index < -0.39 is 23.9 Å². The highest BCUT2D eigenvalue weighted by atomic mass is 79.9. The molecule has 2 heterocycles. The highest BCUT2D eigenvalue weighted by Gasteiger charge is 2.54. The number of carbonyl (C=O) groups excluding carboxylic acids is 2. The van der Waals surface area contributed by atoms with Crippen molar-refractivity contribution in [3.05, 3.63) is 47.6 Å². The molecule has 4 N–H and O–H groups in total. The summed E-state index contributed by atoms with van der Waals surface area (Å²) in [7, 11) is 1.50. The molecular formula is C40H59Br4N3O8. The summed E-state index contributed by atoms with van der Waals surface area (Å²) >= 11 is 13.8. The van der Waals surface area contributed by atoms with Crippen molar-refractivity contribution in [3.8, 4) is 5.75 Å². The molecule has 1 aromatic rings. The largest absolute Gasteiger partial charge is 0.495 e. The van der Waals surface area contributed by atoms with Gasteiger partial charge in [0.05, 0.1) is 39.7 Å². The van der Waals surface area contributed by atoms with Crippen LogP contribution in [0, 0.1) is 5.92 Å². The van der Waals surface area contributed by atoms with Crippen molar-refractivity contribution in [3.63, 3.8) is 0 Å². The van der Waals surface area contributed by atoms with Gasteiger partial charge in [-0.05, 0) is 84.2 Å². The molecular weight excluding hydrogens is 970 g/mol. The lowest BCUT2D eigenvalue weighted by Gasteiger charge is -2.27. The number of aliphatic hydroxyl groups excluding tert-OH is 2. The van der Waals surface area contributed by atoms with E-state index in [0.717, 1.165) is 25.2 Å². The monoisotopic (exact) mass is 1030 g/mol. The molecule has 2 aliphatic rings. The van der Waals surface area contributed by atoms with Crippen LogP contribution in [0.1, 0.15) is 135 Å². The van der Waals surface area contributed by atoms with Crippen LogP contribution in [0.15, 0.2) is 47.2 Å². The Morgan fingerprint density at radius 3 is 2.15 bits per heavy atom. The molecule has 1 aromatic carbocycles. The van der Waals surface area contributed by atoms with Gasteiger partial charge in [0.25, 0.3) is 5.91 Å². The van der Waals surface area contributed by atoms with Crippen molar-refractivity contribution in [2.45, 2.75) is 141 Å². The molecule has 4 atom stereocenters. The number of carbonyl (C=O) groups is 2. The fourth-order valence-electron chi connectivity index (χ4n) is 6.31. The molecule has 1 spiro atoms. The van der Waals surface area contributed by atoms with Crippen LogP contribution in [0.3, 0.4) is 0 Å². The Morgan fingerprint density at radius 1 is 0.945 bits per heavy atom. The van der Waals surface area contributed by atoms with Crippen LogP contribution < -0.4 is 15.4 Å². The van der Waals surface area contributed by atoms with Crippen LogP contribution in [0.4, 0.5) is 0 Å². The summed E-state index contributed by atoms with van der Waals surface area (Å²) in [5, 5.41) is 31.1. The lowest BCUT2D eigenvalue weighted by Crippen LogP contribution is -2.49. The van der Waals surface area contributed by atoms with E-state index in [2.05, 4.69) is 93.4 Å². The topological polar surface area (TPSA) is 148 Å². The number of hydrogen-bond donors (Lipinski definition) is 4. The van der Waals surface area contributed by atoms with Crippen molar-refractivity contribution in [1.82, 2.24) is 10.6 Å². The van der Waals surface area contributed by atoms with E-state index in [1.165, 1.54) is 84.0 Å². The van der Waals surface area contributed by atoms with Gasteiger partial charge in [-0.1, -0.05) is 118 Å². The first-order valence-electron chi connectivity index (χ1n) is 19.7. The first kappa shape index (κ1) is 47.7. The number of unbranched alkanes of at least 4 members (excludes halogenated alkanes) is 11. The summed E-state index contributed by atoms with van der Waals surface area (Å²) < 4.78 is 19.3. The van der Waals surface area contributed by atoms with E-state index in [1.807, 2.05) is 0 Å². The summed E-state index contributed by atoms with van der Waals surface area (Å²) in [6, 6.07) is 3.52. The maximum Gasteiger partial charge on any atom is 0.311 e. The second-order valence-electron chi connectivity index (χ2n) is 14.4. The maximum absolute atomic E-state index is 12.8. The normalized spacial score (nSPS) is 19.2. The van der Waals surface area contributed by atoms with Crippen LogP contribution in [-0.4, -0.2) is 66.4 Å². The van der Waals surface area contributed by atoms with Gasteiger partial charge in [-0.2, -0.15) is 0 Å². The van der Waals surface area contributed by atoms with Crippen molar-refractivity contribution >= 4 is 81.2 Å². The van der Waals surface area contributed by atoms with Crippen molar-refractivity contribution in [2.24, 2.45) is 11.1 Å². The van der Waals surface area contributed by atoms with Crippen LogP contribution >= 0.6 is 63.7 Å². The van der Waals surface area contributed by atoms with Gasteiger partial charge in [0.15, 0.2) is 11.8 Å². The predicted octanol–water partition coefficient (Wildman–Crippen LogP) is 10.1. The summed E-state index contributed by atoms with van der Waals surface area (Å²) in [4.78, 5) is 30.7. The van der Waals surface area contributed by atoms with E-state index in [1.54, 1.807) is 12.1 Å². The Kier molecular flexibility index (Phi) is 22.3. The smallest absolute Gasteiger partial charge is 0.311 e. The lowest BCUT2D eigenvalue weighted by molar-refractivity contribution is -0.225. The second-order valence-corrected chi connectivity index (χ2v) is 17.9. The zero-order valence-electron chi connectivity index (χ0n) is 32.4. The molecule has 55 heavy (non-hydrogen) atoms. The summed E-state index contributed by atoms with van der Waals surface area (Å²) in [6.07, 6.45) is 17.7. The number of allylic oxidation sites excluding steroid dienone is 1. The van der Waals surface area contributed by atoms with Crippen LogP contribution in [0.5, 0.6) is 5.75 Å². The van der Waals surface area contributed by atoms with E-state index in [-0.39, 0.29) is 37.7 Å². The van der Waals surface area contributed by atoms with E-state index >= 15 is 0 Å². The molecule has 0 saturated heterocycles. The third kappa shape index (κ3) is 15.9. The average molecular weight is 1030 g/mol. The first-order valence-corrected chi connectivity index (χ1v) is 22.8. The van der Waals surface area contributed by atoms with Gasteiger partial charge < -0.3 is 39.9 Å². The van der Waals surface area contributed by atoms with Crippen molar-refractivity contribution in [1.29, 1.82) is 0 Å². The average Bonchev–Trinajstić information content (AvgIpc) is 3.41. The summed E-state index contributed by atoms with van der Waals surface area (Å²) in [6.45, 7) is 5.26. The molecule has 2 aliphatic heterocycles. The molecule has 2 amide bonds. The molecule has 0 aliphatic carbocycles. The number of methoxy groups -OCH3 is 1. The van der Waals surface area contributed by atoms with E-state index in [0.29, 0.717) is 47.8 Å². The number of aliphatic hydroxyl groups is 2. The molecule has 0 saturated carbocycles. The van der Waals surface area contributed by atoms with Crippen molar-refractivity contribution < 1.29 is 38.9 Å². The third-order valence-electron chi connectivity index (χ3n) is 9.94. The Bertz CT molecular complexity index is 1450. The van der Waals surface area contributed by atoms with Gasteiger partial charge in [0, 0.05) is 24.0 Å². The number of nitrogens with one attached hydrogen (secondary N) is 2. The Balaban J connectivity index is 1.26. The molecule has 0 radical (unpaired) electrons. The standard InChI is InChI=1S/C40H59Br4N3O8/c1-4-27(2)18-15-13-11-9-7-5-6-8-10-12-14-16-19-34(49)46-25-33(48)28-22-29(41)37(30(42)23-28)53-21-17-20-45-39(51)35-38(50)40(55-47-35)24-31(43)36(52-3)32(44)26-54-40/h22-23,26-27,33,38,48,50H,4-21,24-25H2,1-3H3,(H,45,51)(H,46,49)/t27-,33-,38-,40-/m0/s1. The summed E-state index contributed by atoms with van der Waals surface area (Å²) in [5.41, 5.74) is 0.417.